The zero-order valence-electron chi connectivity index (χ0n) is 11.3. The highest BCUT2D eigenvalue weighted by Gasteiger charge is 2.22. The molecule has 2 N–H and O–H groups in total. The minimum absolute atomic E-state index is 0.119. The van der Waals surface area contributed by atoms with Gasteiger partial charge < -0.3 is 10.5 Å². The van der Waals surface area contributed by atoms with Gasteiger partial charge in [0.25, 0.3) is 0 Å². The fourth-order valence-corrected chi connectivity index (χ4v) is 2.00. The first-order valence-electron chi connectivity index (χ1n) is 6.27. The van der Waals surface area contributed by atoms with Crippen molar-refractivity contribution in [2.24, 2.45) is 11.7 Å². The summed E-state index contributed by atoms with van der Waals surface area (Å²) < 4.78 is 6.67. The second-order valence-electron chi connectivity index (χ2n) is 4.43. The van der Waals surface area contributed by atoms with Gasteiger partial charge in [-0.1, -0.05) is 25.7 Å². The Hall–Kier alpha value is -2.10. The van der Waals surface area contributed by atoms with Crippen LogP contribution < -0.4 is 5.73 Å². The van der Waals surface area contributed by atoms with Gasteiger partial charge in [-0.15, -0.1) is 0 Å². The number of amides is 1. The number of carbonyl (C=O) groups excluding carboxylic acids is 1. The van der Waals surface area contributed by atoms with Crippen molar-refractivity contribution in [1.82, 2.24) is 0 Å². The third kappa shape index (κ3) is 4.58. The van der Waals surface area contributed by atoms with Crippen molar-refractivity contribution in [3.8, 4) is 0 Å². The van der Waals surface area contributed by atoms with Crippen molar-refractivity contribution >= 4 is 12.8 Å². The van der Waals surface area contributed by atoms with Crippen LogP contribution in [0.2, 0.25) is 0 Å². The molecule has 4 nitrogen and oxygen atoms in total. The lowest BCUT2D eigenvalue weighted by atomic mass is 9.91. The molecule has 1 amide bonds. The van der Waals surface area contributed by atoms with E-state index in [1.807, 2.05) is 25.3 Å². The van der Waals surface area contributed by atoms with Gasteiger partial charge in [0.05, 0.1) is 6.61 Å². The minimum atomic E-state index is -0.738. The van der Waals surface area contributed by atoms with Gasteiger partial charge in [0.2, 0.25) is 5.70 Å². The van der Waals surface area contributed by atoms with Gasteiger partial charge in [0, 0.05) is 23.6 Å². The van der Waals surface area contributed by atoms with Crippen molar-refractivity contribution in [3.05, 3.63) is 48.4 Å². The van der Waals surface area contributed by atoms with Gasteiger partial charge in [-0.2, -0.15) is 4.58 Å². The van der Waals surface area contributed by atoms with Crippen molar-refractivity contribution < 1.29 is 14.1 Å². The summed E-state index contributed by atoms with van der Waals surface area (Å²) in [6.45, 7) is 9.93. The Balaban J connectivity index is 2.89. The number of hydrogen-bond acceptors (Lipinski definition) is 2. The van der Waals surface area contributed by atoms with Gasteiger partial charge in [0.1, 0.15) is 6.72 Å². The van der Waals surface area contributed by atoms with E-state index in [1.165, 1.54) is 5.57 Å². The van der Waals surface area contributed by atoms with E-state index < -0.39 is 6.09 Å². The Kier molecular flexibility index (Phi) is 5.79. The molecule has 0 aliphatic heterocycles. The highest BCUT2D eigenvalue weighted by molar-refractivity contribution is 5.64. The van der Waals surface area contributed by atoms with E-state index in [-0.39, 0.29) is 5.92 Å². The predicted molar refractivity (Wildman–Crippen MR) is 76.8 cm³/mol. The van der Waals surface area contributed by atoms with Crippen LogP contribution in [0.15, 0.2) is 48.4 Å². The van der Waals surface area contributed by atoms with Crippen LogP contribution in [0, 0.1) is 5.92 Å². The summed E-state index contributed by atoms with van der Waals surface area (Å²) >= 11 is 0. The molecule has 1 aliphatic rings. The third-order valence-corrected chi connectivity index (χ3v) is 2.97. The molecule has 1 unspecified atom stereocenters. The average molecular weight is 261 g/mol. The van der Waals surface area contributed by atoms with E-state index >= 15 is 0 Å². The Morgan fingerprint density at radius 2 is 2.42 bits per heavy atom. The zero-order valence-corrected chi connectivity index (χ0v) is 11.3. The summed E-state index contributed by atoms with van der Waals surface area (Å²) in [6.07, 6.45) is 10.7. The Morgan fingerprint density at radius 3 is 3.05 bits per heavy atom. The van der Waals surface area contributed by atoms with Crippen molar-refractivity contribution in [3.63, 3.8) is 0 Å². The summed E-state index contributed by atoms with van der Waals surface area (Å²) in [5.74, 6) is 0.119. The summed E-state index contributed by atoms with van der Waals surface area (Å²) in [6, 6.07) is 0. The van der Waals surface area contributed by atoms with Crippen LogP contribution in [0.5, 0.6) is 0 Å². The molecule has 102 valence electrons. The van der Waals surface area contributed by atoms with E-state index in [0.29, 0.717) is 6.61 Å². The minimum Gasteiger partial charge on any atom is -0.449 e. The largest absolute Gasteiger partial charge is 0.449 e. The number of hydrogen-bond donors (Lipinski definition) is 1. The van der Waals surface area contributed by atoms with Gasteiger partial charge in [0.15, 0.2) is 6.20 Å². The molecule has 0 spiro atoms. The average Bonchev–Trinajstić information content (AvgIpc) is 2.42. The molecule has 0 radical (unpaired) electrons. The number of allylic oxidation sites excluding steroid dienone is 4. The van der Waals surface area contributed by atoms with Crippen LogP contribution >= 0.6 is 0 Å². The molecule has 0 aromatic rings. The maximum absolute atomic E-state index is 10.7. The fourth-order valence-electron chi connectivity index (χ4n) is 2.00. The van der Waals surface area contributed by atoms with Gasteiger partial charge in [-0.25, -0.2) is 4.79 Å². The highest BCUT2D eigenvalue weighted by Crippen LogP contribution is 2.26. The molecule has 4 heteroatoms. The quantitative estimate of drug-likeness (QED) is 0.454. The lowest BCUT2D eigenvalue weighted by Gasteiger charge is -2.18. The molecule has 0 saturated carbocycles. The van der Waals surface area contributed by atoms with Crippen molar-refractivity contribution in [2.75, 3.05) is 6.61 Å². The maximum Gasteiger partial charge on any atom is 0.404 e. The number of nitrogens with zero attached hydrogens (tertiary/aromatic N) is 1. The smallest absolute Gasteiger partial charge is 0.404 e. The second kappa shape index (κ2) is 7.36. The molecular weight excluding hydrogens is 240 g/mol. The number of carbonyl (C=O) groups is 1. The molecule has 0 saturated heterocycles. The first-order valence-corrected chi connectivity index (χ1v) is 6.27. The molecule has 0 aromatic heterocycles. The molecule has 1 atom stereocenters. The van der Waals surface area contributed by atoms with Crippen LogP contribution in [0.1, 0.15) is 19.8 Å². The summed E-state index contributed by atoms with van der Waals surface area (Å²) in [4.78, 5) is 10.7. The van der Waals surface area contributed by atoms with E-state index in [1.54, 1.807) is 10.7 Å². The molecule has 19 heavy (non-hydrogen) atoms. The lowest BCUT2D eigenvalue weighted by Crippen LogP contribution is -2.20. The molecule has 0 bridgehead atoms. The topological polar surface area (TPSA) is 55.3 Å². The first-order chi connectivity index (χ1) is 9.06. The van der Waals surface area contributed by atoms with Crippen LogP contribution in [-0.2, 0) is 4.74 Å². The van der Waals surface area contributed by atoms with Crippen LogP contribution in [0.4, 0.5) is 4.79 Å². The van der Waals surface area contributed by atoms with E-state index in [2.05, 4.69) is 19.4 Å². The lowest BCUT2D eigenvalue weighted by molar-refractivity contribution is -0.386. The monoisotopic (exact) mass is 261 g/mol. The molecule has 1 aliphatic carbocycles. The second-order valence-corrected chi connectivity index (χ2v) is 4.43. The van der Waals surface area contributed by atoms with Crippen LogP contribution in [0.25, 0.3) is 0 Å². The number of primary amides is 1. The Labute approximate surface area is 114 Å². The van der Waals surface area contributed by atoms with E-state index in [0.717, 1.165) is 18.5 Å². The Morgan fingerprint density at radius 1 is 1.68 bits per heavy atom. The summed E-state index contributed by atoms with van der Waals surface area (Å²) in [5.41, 5.74) is 7.24. The van der Waals surface area contributed by atoms with Crippen LogP contribution in [0.3, 0.4) is 0 Å². The van der Waals surface area contributed by atoms with E-state index in [9.17, 15) is 4.79 Å². The van der Waals surface area contributed by atoms with Crippen molar-refractivity contribution in [1.29, 1.82) is 0 Å². The number of rotatable bonds is 6. The molecule has 1 rings (SSSR count). The number of ether oxygens (including phenoxy) is 1. The molecule has 0 heterocycles. The fraction of sp³-hybridized carbons (Fsp3) is 0.333. The molecular formula is C15H21N2O2+. The summed E-state index contributed by atoms with van der Waals surface area (Å²) in [7, 11) is 0. The van der Waals surface area contributed by atoms with Gasteiger partial charge >= 0.3 is 6.09 Å². The van der Waals surface area contributed by atoms with Gasteiger partial charge in [-0.3, -0.25) is 0 Å². The standard InChI is InChI=1S/C15H20N2O2/c1-4-5-10-17(3)14-9-7-6-8-13(14)12(2)11-19-15(16)18/h4-5,7,9-10,12H,1,3,6,8,11H2,2H3,(H-,16,18)/p+1. The van der Waals surface area contributed by atoms with Crippen molar-refractivity contribution in [2.45, 2.75) is 19.8 Å². The normalized spacial score (nSPS) is 16.5. The predicted octanol–water partition coefficient (Wildman–Crippen LogP) is 2.73. The van der Waals surface area contributed by atoms with E-state index in [4.69, 9.17) is 10.5 Å². The molecule has 0 fully saturated rings. The molecule has 0 aromatic carbocycles. The SMILES string of the molecule is C=CC=C[N+](=C)C1=C(C(C)COC(N)=O)CCC=C1. The number of nitrogens with two attached hydrogens (primary N) is 1. The highest BCUT2D eigenvalue weighted by atomic mass is 16.5. The zero-order chi connectivity index (χ0) is 14.3. The maximum atomic E-state index is 10.7. The summed E-state index contributed by atoms with van der Waals surface area (Å²) in [5, 5.41) is 0. The van der Waals surface area contributed by atoms with Gasteiger partial charge in [-0.05, 0) is 12.8 Å². The first kappa shape index (κ1) is 15.0. The van der Waals surface area contributed by atoms with Crippen LogP contribution in [-0.4, -0.2) is 24.0 Å². The Bertz CT molecular complexity index is 459. The third-order valence-electron chi connectivity index (χ3n) is 2.97.